The highest BCUT2D eigenvalue weighted by Crippen LogP contribution is 2.14. The summed E-state index contributed by atoms with van der Waals surface area (Å²) in [6, 6.07) is 6.23. The summed E-state index contributed by atoms with van der Waals surface area (Å²) in [5, 5.41) is 6.80. The molecule has 0 radical (unpaired) electrons. The van der Waals surface area contributed by atoms with E-state index in [1.54, 1.807) is 32.0 Å². The van der Waals surface area contributed by atoms with Gasteiger partial charge in [0, 0.05) is 12.1 Å². The van der Waals surface area contributed by atoms with E-state index in [4.69, 9.17) is 4.74 Å². The lowest BCUT2D eigenvalue weighted by Gasteiger charge is -2.08. The third-order valence-corrected chi connectivity index (χ3v) is 3.50. The smallest absolute Gasteiger partial charge is 0.341 e. The molecule has 0 unspecified atom stereocenters. The molecular formula is C16H18FN3O3. The molecule has 23 heavy (non-hydrogen) atoms. The molecule has 0 aliphatic carbocycles. The minimum absolute atomic E-state index is 0.0574. The first-order valence-corrected chi connectivity index (χ1v) is 7.06. The van der Waals surface area contributed by atoms with Gasteiger partial charge in [-0.15, -0.1) is 0 Å². The van der Waals surface area contributed by atoms with Crippen LogP contribution in [0.15, 0.2) is 24.3 Å². The van der Waals surface area contributed by atoms with Crippen molar-refractivity contribution in [2.24, 2.45) is 0 Å². The summed E-state index contributed by atoms with van der Waals surface area (Å²) in [4.78, 5) is 23.7. The number of nitrogens with zero attached hydrogens (tertiary/aromatic N) is 2. The fourth-order valence-electron chi connectivity index (χ4n) is 2.28. The molecule has 1 aromatic heterocycles. The zero-order chi connectivity index (χ0) is 17.0. The van der Waals surface area contributed by atoms with E-state index in [0.717, 1.165) is 0 Å². The summed E-state index contributed by atoms with van der Waals surface area (Å²) >= 11 is 0. The van der Waals surface area contributed by atoms with Gasteiger partial charge in [-0.3, -0.25) is 9.48 Å². The maximum atomic E-state index is 13.5. The van der Waals surface area contributed by atoms with E-state index < -0.39 is 5.97 Å². The number of halogens is 1. The van der Waals surface area contributed by atoms with Gasteiger partial charge in [0.25, 0.3) is 0 Å². The van der Waals surface area contributed by atoms with E-state index in [1.807, 2.05) is 0 Å². The molecule has 0 fully saturated rings. The van der Waals surface area contributed by atoms with Gasteiger partial charge in [-0.25, -0.2) is 9.18 Å². The van der Waals surface area contributed by atoms with Crippen LogP contribution in [-0.2, 0) is 22.6 Å². The lowest BCUT2D eigenvalue weighted by Crippen LogP contribution is -2.28. The molecule has 6 nitrogen and oxygen atoms in total. The van der Waals surface area contributed by atoms with Crippen molar-refractivity contribution < 1.29 is 18.7 Å². The second-order valence-electron chi connectivity index (χ2n) is 5.06. The van der Waals surface area contributed by atoms with Crippen LogP contribution < -0.4 is 5.32 Å². The van der Waals surface area contributed by atoms with Crippen molar-refractivity contribution in [3.63, 3.8) is 0 Å². The minimum atomic E-state index is -0.488. The number of rotatable bonds is 5. The lowest BCUT2D eigenvalue weighted by molar-refractivity contribution is -0.122. The molecule has 1 heterocycles. The summed E-state index contributed by atoms with van der Waals surface area (Å²) in [6.45, 7) is 3.40. The van der Waals surface area contributed by atoms with Gasteiger partial charge in [-0.1, -0.05) is 18.2 Å². The zero-order valence-electron chi connectivity index (χ0n) is 13.2. The Morgan fingerprint density at radius 3 is 2.65 bits per heavy atom. The van der Waals surface area contributed by atoms with Gasteiger partial charge in [0.15, 0.2) is 0 Å². The van der Waals surface area contributed by atoms with Crippen LogP contribution in [0, 0.1) is 19.7 Å². The Morgan fingerprint density at radius 2 is 2.00 bits per heavy atom. The van der Waals surface area contributed by atoms with Crippen molar-refractivity contribution in [3.05, 3.63) is 52.6 Å². The Morgan fingerprint density at radius 1 is 1.30 bits per heavy atom. The first-order valence-electron chi connectivity index (χ1n) is 7.06. The number of aromatic nitrogens is 2. The highest BCUT2D eigenvalue weighted by Gasteiger charge is 2.20. The van der Waals surface area contributed by atoms with Crippen LogP contribution >= 0.6 is 0 Å². The Bertz CT molecular complexity index is 740. The standard InChI is InChI=1S/C16H18FN3O3/c1-10-15(16(22)23-3)11(2)20(19-10)9-14(21)18-8-12-6-4-5-7-13(12)17/h4-7H,8-9H2,1-3H3,(H,18,21). The normalized spacial score (nSPS) is 10.4. The van der Waals surface area contributed by atoms with E-state index in [2.05, 4.69) is 10.4 Å². The number of methoxy groups -OCH3 is 1. The summed E-state index contributed by atoms with van der Waals surface area (Å²) in [5.74, 6) is -1.18. The number of benzene rings is 1. The maximum Gasteiger partial charge on any atom is 0.341 e. The number of carbonyl (C=O) groups excluding carboxylic acids is 2. The van der Waals surface area contributed by atoms with Gasteiger partial charge >= 0.3 is 5.97 Å². The molecule has 2 aromatic rings. The molecule has 0 aliphatic heterocycles. The molecule has 0 spiro atoms. The highest BCUT2D eigenvalue weighted by atomic mass is 19.1. The first kappa shape index (κ1) is 16.7. The maximum absolute atomic E-state index is 13.5. The largest absolute Gasteiger partial charge is 0.465 e. The van der Waals surface area contributed by atoms with Gasteiger partial charge in [0.05, 0.1) is 18.5 Å². The van der Waals surface area contributed by atoms with Gasteiger partial charge in [-0.2, -0.15) is 5.10 Å². The van der Waals surface area contributed by atoms with E-state index >= 15 is 0 Å². The molecule has 0 aliphatic rings. The van der Waals surface area contributed by atoms with Crippen molar-refractivity contribution >= 4 is 11.9 Å². The van der Waals surface area contributed by atoms with Crippen molar-refractivity contribution in [3.8, 4) is 0 Å². The number of amides is 1. The first-order chi connectivity index (χ1) is 10.9. The summed E-state index contributed by atoms with van der Waals surface area (Å²) in [6.07, 6.45) is 0. The number of nitrogens with one attached hydrogen (secondary N) is 1. The van der Waals surface area contributed by atoms with Crippen LogP contribution in [0.4, 0.5) is 4.39 Å². The average Bonchev–Trinajstić information content (AvgIpc) is 2.80. The number of hydrogen-bond donors (Lipinski definition) is 1. The highest BCUT2D eigenvalue weighted by molar-refractivity contribution is 5.91. The van der Waals surface area contributed by atoms with Crippen LogP contribution in [0.1, 0.15) is 27.3 Å². The molecule has 1 amide bonds. The molecular weight excluding hydrogens is 301 g/mol. The summed E-state index contributed by atoms with van der Waals surface area (Å²) in [5.41, 5.74) is 1.81. The average molecular weight is 319 g/mol. The van der Waals surface area contributed by atoms with Crippen molar-refractivity contribution in [2.45, 2.75) is 26.9 Å². The number of ether oxygens (including phenoxy) is 1. The SMILES string of the molecule is COC(=O)c1c(C)nn(CC(=O)NCc2ccccc2F)c1C. The zero-order valence-corrected chi connectivity index (χ0v) is 13.2. The Labute approximate surface area is 133 Å². The fourth-order valence-corrected chi connectivity index (χ4v) is 2.28. The van der Waals surface area contributed by atoms with Gasteiger partial charge < -0.3 is 10.1 Å². The number of carbonyl (C=O) groups is 2. The topological polar surface area (TPSA) is 73.2 Å². The minimum Gasteiger partial charge on any atom is -0.465 e. The Balaban J connectivity index is 2.04. The fraction of sp³-hybridized carbons (Fsp3) is 0.312. The molecule has 0 saturated heterocycles. The third kappa shape index (κ3) is 3.74. The monoisotopic (exact) mass is 319 g/mol. The van der Waals surface area contributed by atoms with E-state index in [9.17, 15) is 14.0 Å². The lowest BCUT2D eigenvalue weighted by atomic mass is 10.2. The second-order valence-corrected chi connectivity index (χ2v) is 5.06. The van der Waals surface area contributed by atoms with Crippen LogP contribution in [-0.4, -0.2) is 28.8 Å². The summed E-state index contributed by atoms with van der Waals surface area (Å²) < 4.78 is 19.6. The molecule has 0 atom stereocenters. The van der Waals surface area contributed by atoms with Gasteiger partial charge in [0.1, 0.15) is 17.9 Å². The van der Waals surface area contributed by atoms with Crippen molar-refractivity contribution in [2.75, 3.05) is 7.11 Å². The van der Waals surface area contributed by atoms with Crippen LogP contribution in [0.2, 0.25) is 0 Å². The van der Waals surface area contributed by atoms with E-state index in [-0.39, 0.29) is 24.8 Å². The van der Waals surface area contributed by atoms with Gasteiger partial charge in [-0.05, 0) is 19.9 Å². The van der Waals surface area contributed by atoms with Crippen LogP contribution in [0.3, 0.4) is 0 Å². The van der Waals surface area contributed by atoms with E-state index in [1.165, 1.54) is 17.9 Å². The van der Waals surface area contributed by atoms with Gasteiger partial charge in [0.2, 0.25) is 5.91 Å². The van der Waals surface area contributed by atoms with Crippen LogP contribution in [0.5, 0.6) is 0 Å². The number of aryl methyl sites for hydroxylation is 1. The van der Waals surface area contributed by atoms with Crippen molar-refractivity contribution in [1.82, 2.24) is 15.1 Å². The third-order valence-electron chi connectivity index (χ3n) is 3.50. The Kier molecular flexibility index (Phi) is 5.10. The number of esters is 1. The molecule has 1 N–H and O–H groups in total. The summed E-state index contributed by atoms with van der Waals surface area (Å²) in [7, 11) is 1.29. The van der Waals surface area contributed by atoms with E-state index in [0.29, 0.717) is 22.5 Å². The molecule has 7 heteroatoms. The predicted octanol–water partition coefficient (Wildman–Crippen LogP) is 1.74. The van der Waals surface area contributed by atoms with Crippen LogP contribution in [0.25, 0.3) is 0 Å². The molecule has 0 bridgehead atoms. The predicted molar refractivity (Wildman–Crippen MR) is 81.3 cm³/mol. The van der Waals surface area contributed by atoms with Crippen molar-refractivity contribution in [1.29, 1.82) is 0 Å². The molecule has 2 rings (SSSR count). The molecule has 122 valence electrons. The second kappa shape index (κ2) is 7.04. The molecule has 0 saturated carbocycles. The quantitative estimate of drug-likeness (QED) is 0.852. The Hall–Kier alpha value is -2.70. The molecule has 1 aromatic carbocycles. The number of hydrogen-bond acceptors (Lipinski definition) is 4.